The van der Waals surface area contributed by atoms with Crippen molar-refractivity contribution in [3.8, 4) is 5.75 Å². The van der Waals surface area contributed by atoms with Gasteiger partial charge in [-0.05, 0) is 30.2 Å². The van der Waals surface area contributed by atoms with E-state index in [2.05, 4.69) is 0 Å². The molecule has 0 amide bonds. The standard InChI is InChI=1S/C16H17ClFNO/c1-2-10-20-12-8-6-11(7-9-12)16(19)13-4-3-5-14(17)15(13)18/h3-9,16H,2,10,19H2,1H3. The lowest BCUT2D eigenvalue weighted by Gasteiger charge is -2.14. The van der Waals surface area contributed by atoms with Crippen molar-refractivity contribution in [1.82, 2.24) is 0 Å². The normalized spacial score (nSPS) is 12.2. The lowest BCUT2D eigenvalue weighted by molar-refractivity contribution is 0.317. The Morgan fingerprint density at radius 2 is 1.90 bits per heavy atom. The maximum atomic E-state index is 13.9. The third kappa shape index (κ3) is 3.30. The molecule has 2 N–H and O–H groups in total. The van der Waals surface area contributed by atoms with Gasteiger partial charge in [0.1, 0.15) is 11.6 Å². The quantitative estimate of drug-likeness (QED) is 0.891. The molecule has 106 valence electrons. The summed E-state index contributed by atoms with van der Waals surface area (Å²) in [4.78, 5) is 0. The predicted molar refractivity (Wildman–Crippen MR) is 79.7 cm³/mol. The molecule has 2 aromatic rings. The summed E-state index contributed by atoms with van der Waals surface area (Å²) in [6.45, 7) is 2.72. The van der Waals surface area contributed by atoms with E-state index >= 15 is 0 Å². The maximum Gasteiger partial charge on any atom is 0.146 e. The van der Waals surface area contributed by atoms with Gasteiger partial charge in [-0.25, -0.2) is 4.39 Å². The number of hydrogen-bond donors (Lipinski definition) is 1. The van der Waals surface area contributed by atoms with Crippen LogP contribution in [0.25, 0.3) is 0 Å². The van der Waals surface area contributed by atoms with Gasteiger partial charge >= 0.3 is 0 Å². The summed E-state index contributed by atoms with van der Waals surface area (Å²) in [5, 5.41) is 0.0841. The molecule has 4 heteroatoms. The van der Waals surface area contributed by atoms with Crippen molar-refractivity contribution in [3.05, 3.63) is 64.4 Å². The highest BCUT2D eigenvalue weighted by molar-refractivity contribution is 6.30. The van der Waals surface area contributed by atoms with Gasteiger partial charge in [-0.1, -0.05) is 42.8 Å². The summed E-state index contributed by atoms with van der Waals surface area (Å²) in [5.74, 6) is 0.322. The zero-order chi connectivity index (χ0) is 14.5. The summed E-state index contributed by atoms with van der Waals surface area (Å²) in [7, 11) is 0. The largest absolute Gasteiger partial charge is 0.494 e. The Labute approximate surface area is 123 Å². The molecule has 20 heavy (non-hydrogen) atoms. The van der Waals surface area contributed by atoms with Gasteiger partial charge < -0.3 is 10.5 Å². The van der Waals surface area contributed by atoms with Crippen molar-refractivity contribution >= 4 is 11.6 Å². The maximum absolute atomic E-state index is 13.9. The van der Waals surface area contributed by atoms with Gasteiger partial charge in [0.25, 0.3) is 0 Å². The number of hydrogen-bond acceptors (Lipinski definition) is 2. The second-order valence-electron chi connectivity index (χ2n) is 4.54. The van der Waals surface area contributed by atoms with E-state index in [-0.39, 0.29) is 5.02 Å². The average molecular weight is 294 g/mol. The van der Waals surface area contributed by atoms with Crippen LogP contribution in [0.15, 0.2) is 42.5 Å². The molecule has 0 fully saturated rings. The molecule has 0 heterocycles. The smallest absolute Gasteiger partial charge is 0.146 e. The molecule has 0 saturated heterocycles. The number of nitrogens with two attached hydrogens (primary N) is 1. The van der Waals surface area contributed by atoms with Gasteiger partial charge in [0.2, 0.25) is 0 Å². The summed E-state index contributed by atoms with van der Waals surface area (Å²) in [5.41, 5.74) is 7.30. The molecule has 2 rings (SSSR count). The minimum absolute atomic E-state index is 0.0841. The molecule has 0 radical (unpaired) electrons. The van der Waals surface area contributed by atoms with Gasteiger partial charge in [-0.3, -0.25) is 0 Å². The van der Waals surface area contributed by atoms with Crippen LogP contribution >= 0.6 is 11.6 Å². The third-order valence-corrected chi connectivity index (χ3v) is 3.32. The van der Waals surface area contributed by atoms with Crippen molar-refractivity contribution in [2.75, 3.05) is 6.61 Å². The van der Waals surface area contributed by atoms with Gasteiger partial charge in [0, 0.05) is 5.56 Å². The highest BCUT2D eigenvalue weighted by atomic mass is 35.5. The molecule has 0 aliphatic rings. The van der Waals surface area contributed by atoms with E-state index in [0.717, 1.165) is 17.7 Å². The molecule has 0 saturated carbocycles. The van der Waals surface area contributed by atoms with Gasteiger partial charge in [-0.2, -0.15) is 0 Å². The molecule has 1 atom stereocenters. The summed E-state index contributed by atoms with van der Waals surface area (Å²) < 4.78 is 19.4. The van der Waals surface area contributed by atoms with E-state index in [1.165, 1.54) is 6.07 Å². The first kappa shape index (κ1) is 14.8. The van der Waals surface area contributed by atoms with E-state index in [9.17, 15) is 4.39 Å². The molecule has 0 aromatic heterocycles. The third-order valence-electron chi connectivity index (χ3n) is 3.03. The molecule has 2 aromatic carbocycles. The second-order valence-corrected chi connectivity index (χ2v) is 4.95. The van der Waals surface area contributed by atoms with Crippen LogP contribution < -0.4 is 10.5 Å². The van der Waals surface area contributed by atoms with E-state index in [1.807, 2.05) is 31.2 Å². The van der Waals surface area contributed by atoms with Crippen LogP contribution in [0, 0.1) is 5.82 Å². The Bertz CT molecular complexity index is 571. The predicted octanol–water partition coefficient (Wildman–Crippen LogP) is 4.32. The van der Waals surface area contributed by atoms with Crippen LogP contribution in [-0.4, -0.2) is 6.61 Å². The first-order chi connectivity index (χ1) is 9.63. The molecular weight excluding hydrogens is 277 g/mol. The zero-order valence-electron chi connectivity index (χ0n) is 11.3. The first-order valence-electron chi connectivity index (χ1n) is 6.55. The lowest BCUT2D eigenvalue weighted by Crippen LogP contribution is -2.13. The molecule has 0 aliphatic carbocycles. The Hall–Kier alpha value is -1.58. The van der Waals surface area contributed by atoms with Crippen LogP contribution in [0.4, 0.5) is 4.39 Å². The fraction of sp³-hybridized carbons (Fsp3) is 0.250. The molecular formula is C16H17ClFNO. The number of rotatable bonds is 5. The van der Waals surface area contributed by atoms with Crippen molar-refractivity contribution in [2.24, 2.45) is 5.73 Å². The van der Waals surface area contributed by atoms with Gasteiger partial charge in [0.15, 0.2) is 0 Å². The van der Waals surface area contributed by atoms with Crippen LogP contribution in [0.3, 0.4) is 0 Å². The molecule has 0 bridgehead atoms. The Balaban J connectivity index is 2.20. The molecule has 0 spiro atoms. The van der Waals surface area contributed by atoms with Crippen molar-refractivity contribution in [1.29, 1.82) is 0 Å². The number of halogens is 2. The summed E-state index contributed by atoms with van der Waals surface area (Å²) in [6.07, 6.45) is 0.953. The fourth-order valence-corrected chi connectivity index (χ4v) is 2.11. The SMILES string of the molecule is CCCOc1ccc(C(N)c2cccc(Cl)c2F)cc1. The van der Waals surface area contributed by atoms with E-state index in [1.54, 1.807) is 12.1 Å². The van der Waals surface area contributed by atoms with Crippen LogP contribution in [-0.2, 0) is 0 Å². The monoisotopic (exact) mass is 293 g/mol. The van der Waals surface area contributed by atoms with E-state index < -0.39 is 11.9 Å². The number of benzene rings is 2. The second kappa shape index (κ2) is 6.73. The highest BCUT2D eigenvalue weighted by Crippen LogP contribution is 2.27. The zero-order valence-corrected chi connectivity index (χ0v) is 12.0. The lowest BCUT2D eigenvalue weighted by atomic mass is 9.99. The van der Waals surface area contributed by atoms with Crippen LogP contribution in [0.1, 0.15) is 30.5 Å². The summed E-state index contributed by atoms with van der Waals surface area (Å²) >= 11 is 5.78. The van der Waals surface area contributed by atoms with E-state index in [0.29, 0.717) is 12.2 Å². The van der Waals surface area contributed by atoms with Crippen molar-refractivity contribution in [2.45, 2.75) is 19.4 Å². The molecule has 2 nitrogen and oxygen atoms in total. The van der Waals surface area contributed by atoms with Gasteiger partial charge in [-0.15, -0.1) is 0 Å². The van der Waals surface area contributed by atoms with Gasteiger partial charge in [0.05, 0.1) is 17.7 Å². The fourth-order valence-electron chi connectivity index (χ4n) is 1.93. The highest BCUT2D eigenvalue weighted by Gasteiger charge is 2.15. The first-order valence-corrected chi connectivity index (χ1v) is 6.93. The van der Waals surface area contributed by atoms with Crippen molar-refractivity contribution < 1.29 is 9.13 Å². The Kier molecular flexibility index (Phi) is 4.99. The average Bonchev–Trinajstić information content (AvgIpc) is 2.48. The summed E-state index contributed by atoms with van der Waals surface area (Å²) in [6, 6.07) is 11.7. The van der Waals surface area contributed by atoms with Crippen LogP contribution in [0.5, 0.6) is 5.75 Å². The minimum atomic E-state index is -0.547. The minimum Gasteiger partial charge on any atom is -0.494 e. The number of ether oxygens (including phenoxy) is 1. The van der Waals surface area contributed by atoms with Crippen molar-refractivity contribution in [3.63, 3.8) is 0 Å². The Morgan fingerprint density at radius 1 is 1.20 bits per heavy atom. The van der Waals surface area contributed by atoms with Crippen LogP contribution in [0.2, 0.25) is 5.02 Å². The topological polar surface area (TPSA) is 35.2 Å². The molecule has 0 aliphatic heterocycles. The van der Waals surface area contributed by atoms with E-state index in [4.69, 9.17) is 22.1 Å². The molecule has 1 unspecified atom stereocenters. The Morgan fingerprint density at radius 3 is 2.55 bits per heavy atom.